The van der Waals surface area contributed by atoms with Crippen LogP contribution < -0.4 is 9.80 Å². The minimum atomic E-state index is -0.491. The lowest BCUT2D eigenvalue weighted by atomic mass is 9.73. The first-order valence-electron chi connectivity index (χ1n) is 12.6. The molecule has 5 heterocycles. The van der Waals surface area contributed by atoms with E-state index in [1.807, 2.05) is 32.3 Å². The van der Waals surface area contributed by atoms with Crippen LogP contribution in [-0.2, 0) is 17.9 Å². The summed E-state index contributed by atoms with van der Waals surface area (Å²) >= 11 is 6.42. The van der Waals surface area contributed by atoms with Gasteiger partial charge in [0, 0.05) is 57.3 Å². The van der Waals surface area contributed by atoms with Gasteiger partial charge in [-0.15, -0.1) is 10.2 Å². The Labute approximate surface area is 219 Å². The number of carbonyl (C=O) groups excluding carboxylic acids is 1. The van der Waals surface area contributed by atoms with Gasteiger partial charge in [-0.3, -0.25) is 14.3 Å². The molecule has 1 saturated carbocycles. The van der Waals surface area contributed by atoms with Crippen LogP contribution in [0.25, 0.3) is 5.69 Å². The Morgan fingerprint density at radius 1 is 1.03 bits per heavy atom. The Kier molecular flexibility index (Phi) is 4.88. The van der Waals surface area contributed by atoms with Crippen molar-refractivity contribution in [1.29, 1.82) is 0 Å². The quantitative estimate of drug-likeness (QED) is 0.521. The molecular weight excluding hydrogens is 495 g/mol. The Hall–Kier alpha value is -3.24. The first-order chi connectivity index (χ1) is 17.8. The fraction of sp³-hybridized carbons (Fsp3) is 0.462. The fourth-order valence-electron chi connectivity index (χ4n) is 6.28. The average Bonchev–Trinajstić information content (AvgIpc) is 3.56. The number of nitrogens with zero attached hydrogens (tertiary/aromatic N) is 8. The van der Waals surface area contributed by atoms with Crippen molar-refractivity contribution in [2.45, 2.75) is 31.5 Å². The van der Waals surface area contributed by atoms with Gasteiger partial charge in [0.15, 0.2) is 5.82 Å². The Bertz CT molecular complexity index is 1390. The number of hydrogen-bond donors (Lipinski definition) is 0. The molecule has 1 amide bonds. The summed E-state index contributed by atoms with van der Waals surface area (Å²) in [6.07, 6.45) is 2.95. The molecule has 0 N–H and O–H groups in total. The monoisotopic (exact) mass is 522 g/mol. The van der Waals surface area contributed by atoms with Crippen LogP contribution >= 0.6 is 11.6 Å². The molecule has 2 aromatic heterocycles. The van der Waals surface area contributed by atoms with Crippen LogP contribution in [-0.4, -0.2) is 81.3 Å². The van der Waals surface area contributed by atoms with E-state index in [-0.39, 0.29) is 17.1 Å². The standard InChI is InChI=1S/C26H28ClFN8O/c1-32(2)23(37)26(7-8-26)35-11-17-9-18(27)3-5-20(17)36-22(12-35)30-31-24(36)34-15-25(16-34)13-33(14-25)21-6-4-19(28)10-29-21/h3-6,9-10H,7-8,11-16H2,1-2H3. The van der Waals surface area contributed by atoms with Crippen molar-refractivity contribution in [3.05, 3.63) is 58.8 Å². The molecule has 192 valence electrons. The van der Waals surface area contributed by atoms with E-state index >= 15 is 0 Å². The topological polar surface area (TPSA) is 73.6 Å². The molecular formula is C26H28ClFN8O. The van der Waals surface area contributed by atoms with Crippen molar-refractivity contribution in [2.24, 2.45) is 5.41 Å². The Balaban J connectivity index is 1.16. The summed E-state index contributed by atoms with van der Waals surface area (Å²) in [5.74, 6) is 2.29. The first kappa shape index (κ1) is 22.9. The van der Waals surface area contributed by atoms with E-state index in [0.717, 1.165) is 67.9 Å². The smallest absolute Gasteiger partial charge is 0.242 e. The molecule has 7 rings (SSSR count). The molecule has 1 aromatic carbocycles. The average molecular weight is 523 g/mol. The van der Waals surface area contributed by atoms with E-state index in [1.54, 1.807) is 11.0 Å². The molecule has 0 unspecified atom stereocenters. The van der Waals surface area contributed by atoms with Crippen LogP contribution in [0, 0.1) is 11.2 Å². The summed E-state index contributed by atoms with van der Waals surface area (Å²) in [5, 5.41) is 9.92. The third-order valence-electron chi connectivity index (χ3n) is 8.25. The van der Waals surface area contributed by atoms with E-state index < -0.39 is 5.54 Å². The molecule has 3 aromatic rings. The number of halogens is 2. The maximum absolute atomic E-state index is 13.2. The van der Waals surface area contributed by atoms with E-state index in [4.69, 9.17) is 11.6 Å². The molecule has 1 spiro atoms. The second-order valence-electron chi connectivity index (χ2n) is 11.2. The number of likely N-dealkylation sites (N-methyl/N-ethyl adjacent to an activating group) is 1. The van der Waals surface area contributed by atoms with Crippen molar-refractivity contribution in [1.82, 2.24) is 29.5 Å². The number of anilines is 2. The normalized spacial score (nSPS) is 21.0. The number of fused-ring (bicyclic) bond motifs is 3. The van der Waals surface area contributed by atoms with Crippen molar-refractivity contribution in [2.75, 3.05) is 50.1 Å². The molecule has 11 heteroatoms. The lowest BCUT2D eigenvalue weighted by molar-refractivity contribution is -0.136. The molecule has 4 aliphatic rings. The molecule has 0 atom stereocenters. The number of amides is 1. The molecule has 3 aliphatic heterocycles. The zero-order valence-electron chi connectivity index (χ0n) is 20.9. The predicted octanol–water partition coefficient (Wildman–Crippen LogP) is 2.72. The van der Waals surface area contributed by atoms with E-state index in [1.165, 1.54) is 12.3 Å². The van der Waals surface area contributed by atoms with E-state index in [2.05, 4.69) is 34.4 Å². The SMILES string of the molecule is CN(C)C(=O)C1(N2Cc3cc(Cl)ccc3-n3c(nnc3N3CC4(CN(c5ccc(F)cn5)C4)C3)C2)CC1. The third kappa shape index (κ3) is 3.53. The van der Waals surface area contributed by atoms with Gasteiger partial charge in [-0.25, -0.2) is 9.37 Å². The van der Waals surface area contributed by atoms with Crippen molar-refractivity contribution >= 4 is 29.3 Å². The highest BCUT2D eigenvalue weighted by molar-refractivity contribution is 6.30. The summed E-state index contributed by atoms with van der Waals surface area (Å²) in [5.41, 5.74) is 1.77. The highest BCUT2D eigenvalue weighted by Gasteiger charge is 2.57. The van der Waals surface area contributed by atoms with Gasteiger partial charge in [-0.2, -0.15) is 0 Å². The fourth-order valence-corrected chi connectivity index (χ4v) is 6.47. The van der Waals surface area contributed by atoms with Crippen LogP contribution in [0.4, 0.5) is 16.2 Å². The second kappa shape index (κ2) is 7.88. The number of benzene rings is 1. The molecule has 0 radical (unpaired) electrons. The van der Waals surface area contributed by atoms with Gasteiger partial charge in [0.25, 0.3) is 0 Å². The molecule has 3 fully saturated rings. The zero-order chi connectivity index (χ0) is 25.5. The molecule has 0 bridgehead atoms. The van der Waals surface area contributed by atoms with Crippen LogP contribution in [0.15, 0.2) is 36.5 Å². The summed E-state index contributed by atoms with van der Waals surface area (Å²) < 4.78 is 15.4. The first-order valence-corrected chi connectivity index (χ1v) is 13.0. The van der Waals surface area contributed by atoms with Crippen LogP contribution in [0.2, 0.25) is 5.02 Å². The number of aromatic nitrogens is 4. The van der Waals surface area contributed by atoms with Gasteiger partial charge < -0.3 is 14.7 Å². The number of carbonyl (C=O) groups is 1. The van der Waals surface area contributed by atoms with E-state index in [0.29, 0.717) is 18.1 Å². The molecule has 2 saturated heterocycles. The van der Waals surface area contributed by atoms with Crippen molar-refractivity contribution in [3.8, 4) is 5.69 Å². The largest absolute Gasteiger partial charge is 0.355 e. The maximum atomic E-state index is 13.2. The van der Waals surface area contributed by atoms with Crippen molar-refractivity contribution in [3.63, 3.8) is 0 Å². The number of pyridine rings is 1. The third-order valence-corrected chi connectivity index (χ3v) is 8.48. The lowest BCUT2D eigenvalue weighted by Gasteiger charge is -2.60. The Morgan fingerprint density at radius 3 is 2.46 bits per heavy atom. The second-order valence-corrected chi connectivity index (χ2v) is 11.6. The van der Waals surface area contributed by atoms with Gasteiger partial charge in [0.05, 0.1) is 18.4 Å². The van der Waals surface area contributed by atoms with Gasteiger partial charge in [-0.1, -0.05) is 11.6 Å². The predicted molar refractivity (Wildman–Crippen MR) is 137 cm³/mol. The zero-order valence-corrected chi connectivity index (χ0v) is 21.6. The van der Waals surface area contributed by atoms with E-state index in [9.17, 15) is 9.18 Å². The van der Waals surface area contributed by atoms with Crippen LogP contribution in [0.1, 0.15) is 24.2 Å². The number of rotatable bonds is 4. The van der Waals surface area contributed by atoms with Gasteiger partial charge in [0.2, 0.25) is 11.9 Å². The highest BCUT2D eigenvalue weighted by atomic mass is 35.5. The van der Waals surface area contributed by atoms with Gasteiger partial charge in [-0.05, 0) is 48.7 Å². The minimum Gasteiger partial charge on any atom is -0.355 e. The lowest BCUT2D eigenvalue weighted by Crippen LogP contribution is -2.73. The molecule has 9 nitrogen and oxygen atoms in total. The highest BCUT2D eigenvalue weighted by Crippen LogP contribution is 2.47. The maximum Gasteiger partial charge on any atom is 0.242 e. The number of hydrogen-bond acceptors (Lipinski definition) is 7. The summed E-state index contributed by atoms with van der Waals surface area (Å²) in [6.45, 7) is 4.69. The van der Waals surface area contributed by atoms with Gasteiger partial charge >= 0.3 is 0 Å². The molecule has 37 heavy (non-hydrogen) atoms. The minimum absolute atomic E-state index is 0.138. The Morgan fingerprint density at radius 2 is 1.78 bits per heavy atom. The molecule has 1 aliphatic carbocycles. The van der Waals surface area contributed by atoms with Crippen molar-refractivity contribution < 1.29 is 9.18 Å². The summed E-state index contributed by atoms with van der Waals surface area (Å²) in [7, 11) is 3.64. The van der Waals surface area contributed by atoms with Crippen LogP contribution in [0.3, 0.4) is 0 Å². The summed E-state index contributed by atoms with van der Waals surface area (Å²) in [6, 6.07) is 9.12. The summed E-state index contributed by atoms with van der Waals surface area (Å²) in [4.78, 5) is 25.8. The van der Waals surface area contributed by atoms with Crippen LogP contribution in [0.5, 0.6) is 0 Å². The van der Waals surface area contributed by atoms with Gasteiger partial charge in [0.1, 0.15) is 17.2 Å².